The zero-order chi connectivity index (χ0) is 9.86. The average molecular weight is 209 g/mol. The van der Waals surface area contributed by atoms with Crippen LogP contribution in [-0.2, 0) is 5.41 Å². The second-order valence-electron chi connectivity index (χ2n) is 3.77. The molecule has 4 heteroatoms. The molecule has 0 bridgehead atoms. The Balaban J connectivity index is 2.27. The van der Waals surface area contributed by atoms with Crippen LogP contribution in [0.4, 0.5) is 0 Å². The minimum Gasteiger partial charge on any atom is -0.330 e. The van der Waals surface area contributed by atoms with E-state index < -0.39 is 0 Å². The third-order valence-corrected chi connectivity index (χ3v) is 4.22. The Bertz CT molecular complexity index is 283. The fraction of sp³-hybridized carbons (Fsp3) is 0.600. The van der Waals surface area contributed by atoms with Crippen LogP contribution in [0.2, 0.25) is 0 Å². The van der Waals surface area contributed by atoms with Crippen LogP contribution in [0.15, 0.2) is 18.7 Å². The zero-order valence-electron chi connectivity index (χ0n) is 8.15. The van der Waals surface area contributed by atoms with Gasteiger partial charge in [0.15, 0.2) is 0 Å². The minimum absolute atomic E-state index is 0.129. The Kier molecular flexibility index (Phi) is 3.03. The van der Waals surface area contributed by atoms with Gasteiger partial charge in [-0.1, -0.05) is 0 Å². The van der Waals surface area contributed by atoms with E-state index in [0.717, 1.165) is 5.75 Å². The largest absolute Gasteiger partial charge is 0.330 e. The van der Waals surface area contributed by atoms with Crippen LogP contribution >= 0.6 is 11.8 Å². The Labute approximate surface area is 88.5 Å². The lowest BCUT2D eigenvalue weighted by molar-refractivity contribution is 0.436. The molecule has 1 aliphatic heterocycles. The molecule has 0 aliphatic carbocycles. The SMILES string of the molecule is NCC1(c2cncnc2)CCCSC1. The molecule has 76 valence electrons. The Morgan fingerprint density at radius 3 is 2.79 bits per heavy atom. The van der Waals surface area contributed by atoms with E-state index in [1.807, 2.05) is 24.2 Å². The molecule has 0 spiro atoms. The summed E-state index contributed by atoms with van der Waals surface area (Å²) in [4.78, 5) is 8.15. The first kappa shape index (κ1) is 9.93. The van der Waals surface area contributed by atoms with Crippen molar-refractivity contribution in [2.24, 2.45) is 5.73 Å². The maximum Gasteiger partial charge on any atom is 0.115 e. The lowest BCUT2D eigenvalue weighted by Gasteiger charge is -2.35. The van der Waals surface area contributed by atoms with Crippen molar-refractivity contribution in [2.75, 3.05) is 18.1 Å². The number of hydrogen-bond acceptors (Lipinski definition) is 4. The highest BCUT2D eigenvalue weighted by atomic mass is 32.2. The van der Waals surface area contributed by atoms with Gasteiger partial charge < -0.3 is 5.73 Å². The quantitative estimate of drug-likeness (QED) is 0.795. The molecule has 1 atom stereocenters. The molecule has 1 aliphatic rings. The van der Waals surface area contributed by atoms with Gasteiger partial charge in [0, 0.05) is 30.1 Å². The number of aromatic nitrogens is 2. The molecular weight excluding hydrogens is 194 g/mol. The summed E-state index contributed by atoms with van der Waals surface area (Å²) in [6, 6.07) is 0. The van der Waals surface area contributed by atoms with Gasteiger partial charge in [0.1, 0.15) is 6.33 Å². The lowest BCUT2D eigenvalue weighted by Crippen LogP contribution is -2.40. The van der Waals surface area contributed by atoms with Gasteiger partial charge in [0.2, 0.25) is 0 Å². The van der Waals surface area contributed by atoms with Crippen molar-refractivity contribution in [3.05, 3.63) is 24.3 Å². The van der Waals surface area contributed by atoms with Crippen molar-refractivity contribution < 1.29 is 0 Å². The second kappa shape index (κ2) is 4.28. The first-order chi connectivity index (χ1) is 6.87. The summed E-state index contributed by atoms with van der Waals surface area (Å²) in [7, 11) is 0. The van der Waals surface area contributed by atoms with Gasteiger partial charge in [-0.3, -0.25) is 0 Å². The number of rotatable bonds is 2. The summed E-state index contributed by atoms with van der Waals surface area (Å²) in [6.45, 7) is 0.702. The van der Waals surface area contributed by atoms with Crippen LogP contribution in [0.5, 0.6) is 0 Å². The predicted octanol–water partition coefficient (Wildman–Crippen LogP) is 1.20. The summed E-state index contributed by atoms with van der Waals surface area (Å²) < 4.78 is 0. The summed E-state index contributed by atoms with van der Waals surface area (Å²) >= 11 is 1.99. The number of thioether (sulfide) groups is 1. The third-order valence-electron chi connectivity index (χ3n) is 2.89. The van der Waals surface area contributed by atoms with Gasteiger partial charge in [0.25, 0.3) is 0 Å². The highest BCUT2D eigenvalue weighted by Gasteiger charge is 2.33. The van der Waals surface area contributed by atoms with Crippen molar-refractivity contribution >= 4 is 11.8 Å². The molecule has 0 amide bonds. The fourth-order valence-corrected chi connectivity index (χ4v) is 3.24. The van der Waals surface area contributed by atoms with E-state index in [2.05, 4.69) is 9.97 Å². The lowest BCUT2D eigenvalue weighted by atomic mass is 9.79. The van der Waals surface area contributed by atoms with Gasteiger partial charge in [-0.05, 0) is 24.2 Å². The highest BCUT2D eigenvalue weighted by molar-refractivity contribution is 7.99. The molecule has 2 heterocycles. The molecule has 2 rings (SSSR count). The van der Waals surface area contributed by atoms with Crippen molar-refractivity contribution in [1.29, 1.82) is 0 Å². The molecule has 0 radical (unpaired) electrons. The molecule has 1 aromatic rings. The van der Waals surface area contributed by atoms with Gasteiger partial charge in [-0.2, -0.15) is 11.8 Å². The molecular formula is C10H15N3S. The van der Waals surface area contributed by atoms with E-state index in [0.29, 0.717) is 6.54 Å². The zero-order valence-corrected chi connectivity index (χ0v) is 8.96. The van der Waals surface area contributed by atoms with E-state index in [1.54, 1.807) is 6.33 Å². The summed E-state index contributed by atoms with van der Waals surface area (Å²) in [5.74, 6) is 2.37. The van der Waals surface area contributed by atoms with E-state index >= 15 is 0 Å². The maximum absolute atomic E-state index is 5.90. The number of hydrogen-bond donors (Lipinski definition) is 1. The van der Waals surface area contributed by atoms with Gasteiger partial charge in [0.05, 0.1) is 0 Å². The monoisotopic (exact) mass is 209 g/mol. The first-order valence-electron chi connectivity index (χ1n) is 4.91. The Morgan fingerprint density at radius 1 is 1.43 bits per heavy atom. The molecule has 0 aromatic carbocycles. The minimum atomic E-state index is 0.129. The number of nitrogens with two attached hydrogens (primary N) is 1. The van der Waals surface area contributed by atoms with Crippen molar-refractivity contribution in [3.63, 3.8) is 0 Å². The summed E-state index contributed by atoms with van der Waals surface area (Å²) in [5.41, 5.74) is 7.23. The van der Waals surface area contributed by atoms with Crippen LogP contribution in [0, 0.1) is 0 Å². The molecule has 14 heavy (non-hydrogen) atoms. The molecule has 2 N–H and O–H groups in total. The molecule has 1 fully saturated rings. The second-order valence-corrected chi connectivity index (χ2v) is 4.87. The van der Waals surface area contributed by atoms with E-state index in [-0.39, 0.29) is 5.41 Å². The van der Waals surface area contributed by atoms with Crippen molar-refractivity contribution in [1.82, 2.24) is 9.97 Å². The highest BCUT2D eigenvalue weighted by Crippen LogP contribution is 2.36. The number of nitrogens with zero attached hydrogens (tertiary/aromatic N) is 2. The van der Waals surface area contributed by atoms with E-state index in [4.69, 9.17) is 5.73 Å². The molecule has 1 aromatic heterocycles. The standard InChI is InChI=1S/C10H15N3S/c11-6-10(2-1-3-14-7-10)9-4-12-8-13-5-9/h4-5,8H,1-3,6-7,11H2. The average Bonchev–Trinajstić information content (AvgIpc) is 2.31. The molecule has 0 saturated carbocycles. The molecule has 1 unspecified atom stereocenters. The van der Waals surface area contributed by atoms with Crippen molar-refractivity contribution in [2.45, 2.75) is 18.3 Å². The van der Waals surface area contributed by atoms with Gasteiger partial charge in [-0.25, -0.2) is 9.97 Å². The van der Waals surface area contributed by atoms with E-state index in [1.165, 1.54) is 24.2 Å². The van der Waals surface area contributed by atoms with Crippen LogP contribution in [0.25, 0.3) is 0 Å². The Morgan fingerprint density at radius 2 is 2.21 bits per heavy atom. The first-order valence-corrected chi connectivity index (χ1v) is 6.06. The normalized spacial score (nSPS) is 27.5. The maximum atomic E-state index is 5.90. The fourth-order valence-electron chi connectivity index (χ4n) is 1.93. The summed E-state index contributed by atoms with van der Waals surface area (Å²) in [6.07, 6.45) is 7.81. The smallest absolute Gasteiger partial charge is 0.115 e. The van der Waals surface area contributed by atoms with Gasteiger partial charge >= 0.3 is 0 Å². The predicted molar refractivity (Wildman–Crippen MR) is 59.3 cm³/mol. The molecule has 3 nitrogen and oxygen atoms in total. The van der Waals surface area contributed by atoms with Crippen LogP contribution in [-0.4, -0.2) is 28.0 Å². The van der Waals surface area contributed by atoms with Crippen LogP contribution < -0.4 is 5.73 Å². The van der Waals surface area contributed by atoms with Crippen molar-refractivity contribution in [3.8, 4) is 0 Å². The molecule has 1 saturated heterocycles. The topological polar surface area (TPSA) is 51.8 Å². The van der Waals surface area contributed by atoms with Gasteiger partial charge in [-0.15, -0.1) is 0 Å². The third kappa shape index (κ3) is 1.77. The van der Waals surface area contributed by atoms with Crippen LogP contribution in [0.3, 0.4) is 0 Å². The summed E-state index contributed by atoms with van der Waals surface area (Å²) in [5, 5.41) is 0. The van der Waals surface area contributed by atoms with E-state index in [9.17, 15) is 0 Å². The Hall–Kier alpha value is -0.610. The van der Waals surface area contributed by atoms with Crippen LogP contribution in [0.1, 0.15) is 18.4 Å².